The molecule has 0 N–H and O–H groups in total. The Bertz CT molecular complexity index is 985. The van der Waals surface area contributed by atoms with Crippen LogP contribution in [-0.2, 0) is 16.8 Å². The van der Waals surface area contributed by atoms with Gasteiger partial charge >= 0.3 is 0 Å². The van der Waals surface area contributed by atoms with Crippen LogP contribution in [0, 0.1) is 24.2 Å². The molecule has 5 nitrogen and oxygen atoms in total. The number of fused-ring (bicyclic) bond motifs is 1. The summed E-state index contributed by atoms with van der Waals surface area (Å²) >= 11 is 3.42. The van der Waals surface area contributed by atoms with E-state index in [1.807, 2.05) is 6.33 Å². The monoisotopic (exact) mass is 454 g/mol. The highest BCUT2D eigenvalue weighted by Gasteiger charge is 2.62. The van der Waals surface area contributed by atoms with Crippen molar-refractivity contribution in [2.75, 3.05) is 11.4 Å². The minimum absolute atomic E-state index is 0.0370. The Balaban J connectivity index is 1.39. The van der Waals surface area contributed by atoms with E-state index in [2.05, 4.69) is 60.7 Å². The number of hydrogen-bond acceptors (Lipinski definition) is 3. The summed E-state index contributed by atoms with van der Waals surface area (Å²) in [5.41, 5.74) is 3.50. The summed E-state index contributed by atoms with van der Waals surface area (Å²) in [5, 5.41) is 4.65. The topological polar surface area (TPSA) is 51.0 Å². The minimum atomic E-state index is -0.234. The van der Waals surface area contributed by atoms with Crippen LogP contribution >= 0.6 is 15.9 Å². The van der Waals surface area contributed by atoms with E-state index in [9.17, 15) is 4.79 Å². The van der Waals surface area contributed by atoms with Crippen LogP contribution < -0.4 is 4.90 Å². The minimum Gasteiger partial charge on any atom is -0.312 e. The Labute approximate surface area is 180 Å². The van der Waals surface area contributed by atoms with Gasteiger partial charge in [-0.1, -0.05) is 17.7 Å². The summed E-state index contributed by atoms with van der Waals surface area (Å²) in [6, 6.07) is 6.59. The van der Waals surface area contributed by atoms with Crippen LogP contribution in [0.4, 0.5) is 5.69 Å². The Hall–Kier alpha value is -1.69. The van der Waals surface area contributed by atoms with Crippen molar-refractivity contribution in [3.8, 4) is 0 Å². The zero-order chi connectivity index (χ0) is 19.8. The molecule has 0 radical (unpaired) electrons. The number of benzene rings is 1. The molecule has 7 rings (SSSR count). The highest BCUT2D eigenvalue weighted by molar-refractivity contribution is 9.10. The second kappa shape index (κ2) is 6.16. The van der Waals surface area contributed by atoms with Gasteiger partial charge in [0.15, 0.2) is 0 Å². The number of carbonyl (C=O) groups excluding carboxylic acids is 1. The smallest absolute Gasteiger partial charge is 0.233 e. The molecule has 5 aliphatic rings. The molecule has 1 aliphatic heterocycles. The van der Waals surface area contributed by atoms with Gasteiger partial charge in [0.05, 0.1) is 11.0 Å². The van der Waals surface area contributed by atoms with E-state index in [4.69, 9.17) is 0 Å². The predicted octanol–water partition coefficient (Wildman–Crippen LogP) is 4.62. The molecule has 2 aromatic rings. The van der Waals surface area contributed by atoms with Crippen molar-refractivity contribution in [3.63, 3.8) is 0 Å². The van der Waals surface area contributed by atoms with Crippen molar-refractivity contribution in [2.24, 2.45) is 17.3 Å². The third-order valence-electron chi connectivity index (χ3n) is 8.03. The summed E-state index contributed by atoms with van der Waals surface area (Å²) in [6.07, 6.45) is 10.6. The molecule has 152 valence electrons. The van der Waals surface area contributed by atoms with Crippen molar-refractivity contribution >= 4 is 27.5 Å². The highest BCUT2D eigenvalue weighted by atomic mass is 79.9. The fraction of sp³-hybridized carbons (Fsp3) is 0.609. The molecule has 2 heterocycles. The zero-order valence-electron chi connectivity index (χ0n) is 16.9. The molecule has 29 heavy (non-hydrogen) atoms. The second-order valence-corrected chi connectivity index (χ2v) is 10.8. The Morgan fingerprint density at radius 3 is 2.72 bits per heavy atom. The van der Waals surface area contributed by atoms with E-state index in [1.54, 1.807) is 0 Å². The average Bonchev–Trinajstić information content (AvgIpc) is 3.13. The lowest BCUT2D eigenvalue weighted by Gasteiger charge is -2.61. The molecule has 4 bridgehead atoms. The molecule has 0 saturated heterocycles. The van der Waals surface area contributed by atoms with E-state index >= 15 is 0 Å². The van der Waals surface area contributed by atoms with Gasteiger partial charge in [0.2, 0.25) is 10.6 Å². The van der Waals surface area contributed by atoms with Crippen molar-refractivity contribution in [1.82, 2.24) is 14.8 Å². The van der Waals surface area contributed by atoms with Crippen LogP contribution in [0.1, 0.15) is 56.1 Å². The molecule has 4 fully saturated rings. The summed E-state index contributed by atoms with van der Waals surface area (Å²) in [5.74, 6) is 1.64. The van der Waals surface area contributed by atoms with Crippen molar-refractivity contribution in [3.05, 3.63) is 40.4 Å². The fourth-order valence-corrected chi connectivity index (χ4v) is 7.69. The Kier molecular flexibility index (Phi) is 3.85. The van der Waals surface area contributed by atoms with Gasteiger partial charge in [-0.25, -0.2) is 9.67 Å². The summed E-state index contributed by atoms with van der Waals surface area (Å²) in [7, 11) is 0. The molecular formula is C23H27BrN4O. The van der Waals surface area contributed by atoms with Crippen molar-refractivity contribution < 1.29 is 4.79 Å². The second-order valence-electron chi connectivity index (χ2n) is 10.1. The van der Waals surface area contributed by atoms with Gasteiger partial charge in [0.1, 0.15) is 6.33 Å². The molecular weight excluding hydrogens is 428 g/mol. The Morgan fingerprint density at radius 1 is 1.21 bits per heavy atom. The maximum absolute atomic E-state index is 14.1. The Morgan fingerprint density at radius 2 is 2.00 bits per heavy atom. The molecule has 4 saturated carbocycles. The fourth-order valence-electron chi connectivity index (χ4n) is 7.43. The zero-order valence-corrected chi connectivity index (χ0v) is 18.5. The lowest BCUT2D eigenvalue weighted by molar-refractivity contribution is -0.153. The number of carbonyl (C=O) groups is 1. The normalized spacial score (nSPS) is 35.0. The predicted molar refractivity (Wildman–Crippen MR) is 115 cm³/mol. The van der Waals surface area contributed by atoms with Gasteiger partial charge in [-0.2, -0.15) is 0 Å². The van der Waals surface area contributed by atoms with Gasteiger partial charge in [-0.15, -0.1) is 5.10 Å². The number of aromatic nitrogens is 3. The lowest BCUT2D eigenvalue weighted by Crippen LogP contribution is -2.62. The van der Waals surface area contributed by atoms with Gasteiger partial charge in [0.25, 0.3) is 0 Å². The third-order valence-corrected chi connectivity index (χ3v) is 8.40. The van der Waals surface area contributed by atoms with Crippen LogP contribution in [0.15, 0.2) is 29.3 Å². The number of rotatable bonds is 2. The number of anilines is 1. The number of halogens is 1. The molecule has 0 spiro atoms. The molecule has 4 aliphatic carbocycles. The molecule has 1 aromatic carbocycles. The molecule has 1 amide bonds. The van der Waals surface area contributed by atoms with E-state index in [1.165, 1.54) is 17.5 Å². The first-order chi connectivity index (χ1) is 14.0. The molecule has 6 heteroatoms. The van der Waals surface area contributed by atoms with Crippen LogP contribution in [0.3, 0.4) is 0 Å². The van der Waals surface area contributed by atoms with Crippen LogP contribution in [0.2, 0.25) is 0 Å². The molecule has 2 unspecified atom stereocenters. The lowest BCUT2D eigenvalue weighted by atomic mass is 9.46. The van der Waals surface area contributed by atoms with E-state index < -0.39 is 0 Å². The van der Waals surface area contributed by atoms with Gasteiger partial charge in [-0.3, -0.25) is 4.79 Å². The number of amides is 1. The molecule has 2 atom stereocenters. The maximum atomic E-state index is 14.1. The van der Waals surface area contributed by atoms with E-state index in [0.717, 1.165) is 57.2 Å². The largest absolute Gasteiger partial charge is 0.312 e. The van der Waals surface area contributed by atoms with E-state index in [-0.39, 0.29) is 11.0 Å². The number of aryl methyl sites for hydroxylation is 2. The molecule has 1 aromatic heterocycles. The first-order valence-corrected chi connectivity index (χ1v) is 11.7. The summed E-state index contributed by atoms with van der Waals surface area (Å²) in [4.78, 5) is 20.6. The quantitative estimate of drug-likeness (QED) is 0.664. The number of nitrogens with zero attached hydrogens (tertiary/aromatic N) is 4. The van der Waals surface area contributed by atoms with Crippen molar-refractivity contribution in [2.45, 2.75) is 63.8 Å². The first kappa shape index (κ1) is 18.1. The van der Waals surface area contributed by atoms with Crippen LogP contribution in [0.25, 0.3) is 0 Å². The SMILES string of the molecule is Cc1ccc2c(c1)CCCN2C(=O)C12CC3CC(C1)CC(n1cnc(Br)n1)(C3)C2. The maximum Gasteiger partial charge on any atom is 0.233 e. The van der Waals surface area contributed by atoms with E-state index in [0.29, 0.717) is 22.5 Å². The highest BCUT2D eigenvalue weighted by Crippen LogP contribution is 2.64. The standard InChI is InChI=1S/C23H27BrN4O/c1-15-4-5-19-18(7-15)3-2-6-27(19)20(29)22-9-16-8-17(10-22)12-23(11-16,13-22)28-14-25-21(24)26-28/h4-5,7,14,16-17H,2-3,6,8-13H2,1H3. The summed E-state index contributed by atoms with van der Waals surface area (Å²) in [6.45, 7) is 2.99. The van der Waals surface area contributed by atoms with Gasteiger partial charge in [0, 0.05) is 12.2 Å². The first-order valence-electron chi connectivity index (χ1n) is 11.0. The van der Waals surface area contributed by atoms with Crippen LogP contribution in [0.5, 0.6) is 0 Å². The average molecular weight is 455 g/mol. The van der Waals surface area contributed by atoms with Gasteiger partial charge < -0.3 is 4.90 Å². The van der Waals surface area contributed by atoms with Crippen molar-refractivity contribution in [1.29, 1.82) is 0 Å². The number of hydrogen-bond donors (Lipinski definition) is 0. The summed E-state index contributed by atoms with van der Waals surface area (Å²) < 4.78 is 2.73. The van der Waals surface area contributed by atoms with Crippen LogP contribution in [-0.4, -0.2) is 27.2 Å². The van der Waals surface area contributed by atoms with Gasteiger partial charge in [-0.05, 0) is 97.7 Å². The third kappa shape index (κ3) is 2.67.